The number of nitrogens with one attached hydrogen (secondary N) is 1. The van der Waals surface area contributed by atoms with Crippen molar-refractivity contribution in [3.63, 3.8) is 0 Å². The summed E-state index contributed by atoms with van der Waals surface area (Å²) in [6.45, 7) is 2.01. The lowest BCUT2D eigenvalue weighted by Gasteiger charge is -2.26. The molecule has 1 aromatic rings. The first-order valence-corrected chi connectivity index (χ1v) is 7.13. The number of aliphatic carboxylic acids is 1. The van der Waals surface area contributed by atoms with Crippen LogP contribution in [0.2, 0.25) is 0 Å². The Morgan fingerprint density at radius 1 is 1.53 bits per heavy atom. The summed E-state index contributed by atoms with van der Waals surface area (Å²) in [7, 11) is 1.84. The molecule has 106 valence electrons. The largest absolute Gasteiger partial charge is 0.480 e. The highest BCUT2D eigenvalue weighted by molar-refractivity contribution is 5.75. The molecule has 2 rings (SSSR count). The Morgan fingerprint density at radius 2 is 2.21 bits per heavy atom. The second-order valence-electron chi connectivity index (χ2n) is 5.33. The molecule has 1 aromatic heterocycles. The van der Waals surface area contributed by atoms with Gasteiger partial charge in [-0.2, -0.15) is 5.10 Å². The van der Waals surface area contributed by atoms with Crippen LogP contribution in [0, 0.1) is 0 Å². The topological polar surface area (TPSA) is 67.2 Å². The molecule has 0 aliphatic heterocycles. The lowest BCUT2D eigenvalue weighted by atomic mass is 9.94. The maximum absolute atomic E-state index is 11.6. The van der Waals surface area contributed by atoms with Crippen LogP contribution < -0.4 is 5.32 Å². The minimum absolute atomic E-state index is 0.319. The average molecular weight is 265 g/mol. The average Bonchev–Trinajstić information content (AvgIpc) is 2.77. The highest BCUT2D eigenvalue weighted by Gasteiger charge is 2.27. The van der Waals surface area contributed by atoms with Gasteiger partial charge in [0.1, 0.15) is 6.04 Å². The number of carboxylic acid groups (broad SMARTS) is 1. The van der Waals surface area contributed by atoms with E-state index in [0.29, 0.717) is 6.04 Å². The van der Waals surface area contributed by atoms with Crippen molar-refractivity contribution < 1.29 is 9.90 Å². The second-order valence-corrected chi connectivity index (χ2v) is 5.33. The SMILES string of the molecule is CCc1nn(C)cc1C(NC1CCCCC1)C(=O)O. The van der Waals surface area contributed by atoms with Crippen LogP contribution in [-0.2, 0) is 18.3 Å². The summed E-state index contributed by atoms with van der Waals surface area (Å²) in [5.41, 5.74) is 1.68. The molecule has 1 unspecified atom stereocenters. The van der Waals surface area contributed by atoms with Crippen LogP contribution in [0.15, 0.2) is 6.20 Å². The highest BCUT2D eigenvalue weighted by atomic mass is 16.4. The Labute approximate surface area is 114 Å². The molecule has 19 heavy (non-hydrogen) atoms. The number of rotatable bonds is 5. The van der Waals surface area contributed by atoms with Crippen LogP contribution in [0.4, 0.5) is 0 Å². The molecule has 1 heterocycles. The van der Waals surface area contributed by atoms with E-state index in [-0.39, 0.29) is 0 Å². The van der Waals surface area contributed by atoms with Gasteiger partial charge >= 0.3 is 5.97 Å². The number of aryl methyl sites for hydroxylation is 2. The second kappa shape index (κ2) is 6.19. The number of aromatic nitrogens is 2. The molecular formula is C14H23N3O2. The van der Waals surface area contributed by atoms with Gasteiger partial charge < -0.3 is 5.11 Å². The minimum atomic E-state index is -0.812. The van der Waals surface area contributed by atoms with E-state index >= 15 is 0 Å². The minimum Gasteiger partial charge on any atom is -0.480 e. The standard InChI is InChI=1S/C14H23N3O2/c1-3-12-11(9-17(2)16-12)13(14(18)19)15-10-7-5-4-6-8-10/h9-10,13,15H,3-8H2,1-2H3,(H,18,19). The van der Waals surface area contributed by atoms with E-state index in [1.165, 1.54) is 19.3 Å². The molecule has 5 nitrogen and oxygen atoms in total. The molecule has 5 heteroatoms. The first kappa shape index (κ1) is 14.1. The molecule has 0 saturated heterocycles. The Hall–Kier alpha value is -1.36. The number of hydrogen-bond donors (Lipinski definition) is 2. The van der Waals surface area contributed by atoms with Gasteiger partial charge in [0.15, 0.2) is 0 Å². The van der Waals surface area contributed by atoms with E-state index in [4.69, 9.17) is 0 Å². The van der Waals surface area contributed by atoms with Crippen LogP contribution in [0.3, 0.4) is 0 Å². The third-order valence-corrected chi connectivity index (χ3v) is 3.84. The van der Waals surface area contributed by atoms with Gasteiger partial charge in [-0.3, -0.25) is 14.8 Å². The summed E-state index contributed by atoms with van der Waals surface area (Å²) in [5.74, 6) is -0.812. The third kappa shape index (κ3) is 3.35. The lowest BCUT2D eigenvalue weighted by Crippen LogP contribution is -2.38. The molecule has 0 bridgehead atoms. The molecule has 2 N–H and O–H groups in total. The Balaban J connectivity index is 2.16. The summed E-state index contributed by atoms with van der Waals surface area (Å²) in [6.07, 6.45) is 8.38. The Kier molecular flexibility index (Phi) is 4.58. The van der Waals surface area contributed by atoms with E-state index in [1.54, 1.807) is 4.68 Å². The maximum Gasteiger partial charge on any atom is 0.325 e. The summed E-state index contributed by atoms with van der Waals surface area (Å²) >= 11 is 0. The smallest absolute Gasteiger partial charge is 0.325 e. The summed E-state index contributed by atoms with van der Waals surface area (Å²) in [5, 5.41) is 17.1. The monoisotopic (exact) mass is 265 g/mol. The molecule has 0 amide bonds. The van der Waals surface area contributed by atoms with E-state index in [0.717, 1.165) is 30.5 Å². The van der Waals surface area contributed by atoms with E-state index in [9.17, 15) is 9.90 Å². The van der Waals surface area contributed by atoms with Gasteiger partial charge in [-0.1, -0.05) is 26.2 Å². The van der Waals surface area contributed by atoms with Crippen LogP contribution in [0.25, 0.3) is 0 Å². The summed E-state index contributed by atoms with van der Waals surface area (Å²) in [6, 6.07) is -0.313. The van der Waals surface area contributed by atoms with E-state index in [2.05, 4.69) is 10.4 Å². The first-order chi connectivity index (χ1) is 9.11. The predicted octanol–water partition coefficient (Wildman–Crippen LogP) is 2.03. The van der Waals surface area contributed by atoms with E-state index in [1.807, 2.05) is 20.2 Å². The lowest BCUT2D eigenvalue weighted by molar-refractivity contribution is -0.140. The highest BCUT2D eigenvalue weighted by Crippen LogP contribution is 2.23. The normalized spacial score (nSPS) is 18.4. The van der Waals surface area contributed by atoms with E-state index < -0.39 is 12.0 Å². The van der Waals surface area contributed by atoms with Crippen molar-refractivity contribution in [1.29, 1.82) is 0 Å². The van der Waals surface area contributed by atoms with Crippen LogP contribution >= 0.6 is 0 Å². The van der Waals surface area contributed by atoms with Gasteiger partial charge in [-0.15, -0.1) is 0 Å². The molecule has 1 saturated carbocycles. The molecule has 0 aromatic carbocycles. The van der Waals surface area contributed by atoms with Crippen molar-refractivity contribution in [2.75, 3.05) is 0 Å². The number of carbonyl (C=O) groups is 1. The molecule has 0 radical (unpaired) electrons. The van der Waals surface area contributed by atoms with Crippen LogP contribution in [0.1, 0.15) is 56.3 Å². The maximum atomic E-state index is 11.6. The van der Waals surface area contributed by atoms with Gasteiger partial charge in [0.2, 0.25) is 0 Å². The van der Waals surface area contributed by atoms with Gasteiger partial charge in [0.25, 0.3) is 0 Å². The van der Waals surface area contributed by atoms with Gasteiger partial charge in [-0.05, 0) is 19.3 Å². The summed E-state index contributed by atoms with van der Waals surface area (Å²) < 4.78 is 1.70. The fraction of sp³-hybridized carbons (Fsp3) is 0.714. The predicted molar refractivity (Wildman–Crippen MR) is 73.0 cm³/mol. The third-order valence-electron chi connectivity index (χ3n) is 3.84. The zero-order chi connectivity index (χ0) is 13.8. The first-order valence-electron chi connectivity index (χ1n) is 7.13. The number of hydrogen-bond acceptors (Lipinski definition) is 3. The van der Waals surface area contributed by atoms with Crippen LogP contribution in [-0.4, -0.2) is 26.9 Å². The number of carboxylic acids is 1. The molecule has 1 aliphatic carbocycles. The van der Waals surface area contributed by atoms with Crippen LogP contribution in [0.5, 0.6) is 0 Å². The Morgan fingerprint density at radius 3 is 2.79 bits per heavy atom. The number of nitrogens with zero attached hydrogens (tertiary/aromatic N) is 2. The fourth-order valence-corrected chi connectivity index (χ4v) is 2.87. The van der Waals surface area contributed by atoms with Crippen molar-refractivity contribution >= 4 is 5.97 Å². The Bertz CT molecular complexity index is 436. The van der Waals surface area contributed by atoms with Crippen molar-refractivity contribution in [1.82, 2.24) is 15.1 Å². The van der Waals surface area contributed by atoms with Crippen molar-refractivity contribution in [2.45, 2.75) is 57.5 Å². The molecule has 1 aliphatic rings. The van der Waals surface area contributed by atoms with Crippen molar-refractivity contribution in [3.8, 4) is 0 Å². The van der Waals surface area contributed by atoms with Gasteiger partial charge in [0.05, 0.1) is 5.69 Å². The molecule has 1 fully saturated rings. The zero-order valence-electron chi connectivity index (χ0n) is 11.7. The van der Waals surface area contributed by atoms with Crippen molar-refractivity contribution in [3.05, 3.63) is 17.5 Å². The molecule has 0 spiro atoms. The molecular weight excluding hydrogens is 242 g/mol. The zero-order valence-corrected chi connectivity index (χ0v) is 11.7. The van der Waals surface area contributed by atoms with Crippen molar-refractivity contribution in [2.24, 2.45) is 7.05 Å². The quantitative estimate of drug-likeness (QED) is 0.855. The fourth-order valence-electron chi connectivity index (χ4n) is 2.87. The van der Waals surface area contributed by atoms with Gasteiger partial charge in [-0.25, -0.2) is 0 Å². The summed E-state index contributed by atoms with van der Waals surface area (Å²) in [4.78, 5) is 11.6. The van der Waals surface area contributed by atoms with Gasteiger partial charge in [0, 0.05) is 24.8 Å². The molecule has 1 atom stereocenters.